The summed E-state index contributed by atoms with van der Waals surface area (Å²) in [5.74, 6) is -0.403. The van der Waals surface area contributed by atoms with Crippen LogP contribution in [-0.4, -0.2) is 42.9 Å². The van der Waals surface area contributed by atoms with Crippen molar-refractivity contribution in [3.8, 4) is 5.75 Å². The van der Waals surface area contributed by atoms with Crippen LogP contribution in [0, 0.1) is 0 Å². The minimum absolute atomic E-state index is 0.299. The normalized spacial score (nSPS) is 10.4. The molecule has 2 heterocycles. The number of pyridine rings is 1. The van der Waals surface area contributed by atoms with Gasteiger partial charge in [-0.2, -0.15) is 0 Å². The predicted octanol–water partition coefficient (Wildman–Crippen LogP) is 0.703. The number of hydrogen-bond donors (Lipinski definition) is 1. The molecule has 0 saturated carbocycles. The summed E-state index contributed by atoms with van der Waals surface area (Å²) >= 11 is 1.16. The molecule has 2 aromatic rings. The maximum absolute atomic E-state index is 10.7. The molecule has 8 nitrogen and oxygen atoms in total. The Bertz CT molecular complexity index is 574. The molecule has 0 aliphatic rings. The van der Waals surface area contributed by atoms with E-state index in [4.69, 9.17) is 9.84 Å². The molecule has 0 aliphatic heterocycles. The van der Waals surface area contributed by atoms with E-state index in [1.807, 2.05) is 6.92 Å². The number of nitrogens with zero attached hydrogens (tertiary/aromatic N) is 5. The van der Waals surface area contributed by atoms with E-state index in [2.05, 4.69) is 20.5 Å². The molecule has 1 N–H and O–H groups in total. The van der Waals surface area contributed by atoms with E-state index in [-0.39, 0.29) is 6.54 Å². The van der Waals surface area contributed by atoms with Crippen LogP contribution < -0.4 is 4.74 Å². The van der Waals surface area contributed by atoms with Gasteiger partial charge in [-0.05, 0) is 41.2 Å². The molecule has 0 bridgehead atoms. The summed E-state index contributed by atoms with van der Waals surface area (Å²) in [6.45, 7) is 2.08. The number of tetrazole rings is 1. The molecule has 0 radical (unpaired) electrons. The molecule has 0 spiro atoms. The minimum atomic E-state index is -1.01. The summed E-state index contributed by atoms with van der Waals surface area (Å²) < 4.78 is 6.62. The van der Waals surface area contributed by atoms with Crippen LogP contribution in [0.25, 0.3) is 0 Å². The van der Waals surface area contributed by atoms with Gasteiger partial charge in [-0.25, -0.2) is 9.67 Å². The van der Waals surface area contributed by atoms with Gasteiger partial charge in [0, 0.05) is 6.20 Å². The van der Waals surface area contributed by atoms with Gasteiger partial charge in [0.1, 0.15) is 11.6 Å². The molecule has 19 heavy (non-hydrogen) atoms. The van der Waals surface area contributed by atoms with Crippen molar-refractivity contribution in [1.29, 1.82) is 0 Å². The second-order valence-corrected chi connectivity index (χ2v) is 4.31. The van der Waals surface area contributed by atoms with Crippen LogP contribution in [0.4, 0.5) is 0 Å². The van der Waals surface area contributed by atoms with Gasteiger partial charge < -0.3 is 9.84 Å². The summed E-state index contributed by atoms with van der Waals surface area (Å²) in [5, 5.41) is 20.5. The van der Waals surface area contributed by atoms with Crippen LogP contribution in [0.2, 0.25) is 0 Å². The molecule has 0 unspecified atom stereocenters. The zero-order chi connectivity index (χ0) is 13.7. The first kappa shape index (κ1) is 13.3. The summed E-state index contributed by atoms with van der Waals surface area (Å²) in [5.41, 5.74) is 0. The number of carbonyl (C=O) groups is 1. The summed E-state index contributed by atoms with van der Waals surface area (Å²) in [4.78, 5) is 14.8. The topological polar surface area (TPSA) is 103 Å². The van der Waals surface area contributed by atoms with Crippen molar-refractivity contribution < 1.29 is 14.6 Å². The molecule has 9 heteroatoms. The van der Waals surface area contributed by atoms with Crippen LogP contribution in [0.3, 0.4) is 0 Å². The van der Waals surface area contributed by atoms with Crippen LogP contribution in [-0.2, 0) is 11.3 Å². The zero-order valence-corrected chi connectivity index (χ0v) is 10.9. The summed E-state index contributed by atoms with van der Waals surface area (Å²) in [6, 6.07) is 3.54. The molecule has 2 aromatic heterocycles. The van der Waals surface area contributed by atoms with Crippen LogP contribution in [0.15, 0.2) is 28.5 Å². The van der Waals surface area contributed by atoms with E-state index in [0.29, 0.717) is 22.5 Å². The van der Waals surface area contributed by atoms with Crippen molar-refractivity contribution in [2.75, 3.05) is 6.61 Å². The van der Waals surface area contributed by atoms with Gasteiger partial charge >= 0.3 is 5.97 Å². The molecule has 100 valence electrons. The van der Waals surface area contributed by atoms with Gasteiger partial charge in [0.2, 0.25) is 5.16 Å². The zero-order valence-electron chi connectivity index (χ0n) is 10.1. The Kier molecular flexibility index (Phi) is 4.29. The highest BCUT2D eigenvalue weighted by molar-refractivity contribution is 7.99. The SMILES string of the molecule is CCOc1cccnc1Sc1nnnn1CC(=O)O. The highest BCUT2D eigenvalue weighted by Crippen LogP contribution is 2.31. The first-order valence-corrected chi connectivity index (χ1v) is 6.26. The van der Waals surface area contributed by atoms with Crippen molar-refractivity contribution >= 4 is 17.7 Å². The average Bonchev–Trinajstić information content (AvgIpc) is 2.79. The van der Waals surface area contributed by atoms with E-state index in [1.54, 1.807) is 18.3 Å². The number of aliphatic carboxylic acids is 1. The maximum Gasteiger partial charge on any atom is 0.325 e. The van der Waals surface area contributed by atoms with E-state index in [1.165, 1.54) is 4.68 Å². The van der Waals surface area contributed by atoms with Crippen LogP contribution in [0.5, 0.6) is 5.75 Å². The Hall–Kier alpha value is -2.16. The predicted molar refractivity (Wildman–Crippen MR) is 65.0 cm³/mol. The smallest absolute Gasteiger partial charge is 0.325 e. The number of carboxylic acid groups (broad SMARTS) is 1. The first-order valence-electron chi connectivity index (χ1n) is 5.44. The quantitative estimate of drug-likeness (QED) is 0.825. The van der Waals surface area contributed by atoms with Crippen molar-refractivity contribution in [1.82, 2.24) is 25.2 Å². The lowest BCUT2D eigenvalue weighted by Gasteiger charge is -2.07. The standard InChI is InChI=1S/C10H11N5O3S/c1-2-18-7-4-3-5-11-9(7)19-10-12-13-14-15(10)6-8(16)17/h3-5H,2,6H2,1H3,(H,16,17). The highest BCUT2D eigenvalue weighted by Gasteiger charge is 2.14. The van der Waals surface area contributed by atoms with Gasteiger partial charge in [0.25, 0.3) is 0 Å². The second kappa shape index (κ2) is 6.14. The second-order valence-electron chi connectivity index (χ2n) is 3.35. The van der Waals surface area contributed by atoms with Crippen molar-refractivity contribution in [3.63, 3.8) is 0 Å². The van der Waals surface area contributed by atoms with E-state index >= 15 is 0 Å². The molecule has 0 fully saturated rings. The molecule has 0 atom stereocenters. The number of rotatable bonds is 6. The van der Waals surface area contributed by atoms with Crippen molar-refractivity contribution in [2.24, 2.45) is 0 Å². The van der Waals surface area contributed by atoms with Gasteiger partial charge in [-0.3, -0.25) is 4.79 Å². The lowest BCUT2D eigenvalue weighted by Crippen LogP contribution is -2.11. The number of aromatic nitrogens is 5. The van der Waals surface area contributed by atoms with Gasteiger partial charge in [0.05, 0.1) is 6.61 Å². The molecule has 0 aliphatic carbocycles. The molecule has 0 saturated heterocycles. The third kappa shape index (κ3) is 3.41. The van der Waals surface area contributed by atoms with E-state index in [0.717, 1.165) is 11.8 Å². The molecular weight excluding hydrogens is 270 g/mol. The fraction of sp³-hybridized carbons (Fsp3) is 0.300. The average molecular weight is 281 g/mol. The number of ether oxygens (including phenoxy) is 1. The Balaban J connectivity index is 2.21. The largest absolute Gasteiger partial charge is 0.491 e. The molecule has 2 rings (SSSR count). The summed E-state index contributed by atoms with van der Waals surface area (Å²) in [6.07, 6.45) is 1.62. The van der Waals surface area contributed by atoms with Crippen molar-refractivity contribution in [2.45, 2.75) is 23.7 Å². The highest BCUT2D eigenvalue weighted by atomic mass is 32.2. The monoisotopic (exact) mass is 281 g/mol. The van der Waals surface area contributed by atoms with Gasteiger partial charge in [-0.1, -0.05) is 0 Å². The Morgan fingerprint density at radius 3 is 3.16 bits per heavy atom. The van der Waals surface area contributed by atoms with E-state index in [9.17, 15) is 4.79 Å². The van der Waals surface area contributed by atoms with Crippen molar-refractivity contribution in [3.05, 3.63) is 18.3 Å². The maximum atomic E-state index is 10.7. The lowest BCUT2D eigenvalue weighted by molar-refractivity contribution is -0.138. The van der Waals surface area contributed by atoms with Crippen LogP contribution >= 0.6 is 11.8 Å². The molecule has 0 aromatic carbocycles. The van der Waals surface area contributed by atoms with Gasteiger partial charge in [0.15, 0.2) is 5.75 Å². The fourth-order valence-corrected chi connectivity index (χ4v) is 2.10. The summed E-state index contributed by atoms with van der Waals surface area (Å²) in [7, 11) is 0. The number of hydrogen-bond acceptors (Lipinski definition) is 7. The first-order chi connectivity index (χ1) is 9.20. The Morgan fingerprint density at radius 1 is 1.58 bits per heavy atom. The van der Waals surface area contributed by atoms with Crippen LogP contribution in [0.1, 0.15) is 6.92 Å². The van der Waals surface area contributed by atoms with E-state index < -0.39 is 5.97 Å². The Labute approximate surface area is 112 Å². The molecule has 0 amide bonds. The lowest BCUT2D eigenvalue weighted by atomic mass is 10.5. The number of carboxylic acids is 1. The van der Waals surface area contributed by atoms with Gasteiger partial charge in [-0.15, -0.1) is 5.10 Å². The fourth-order valence-electron chi connectivity index (χ4n) is 1.30. The third-order valence-electron chi connectivity index (χ3n) is 2.01. The minimum Gasteiger partial charge on any atom is -0.491 e. The molecular formula is C10H11N5O3S. The third-order valence-corrected chi connectivity index (χ3v) is 2.98. The Morgan fingerprint density at radius 2 is 2.42 bits per heavy atom.